The maximum Gasteiger partial charge on any atom is 0.238 e. The van der Waals surface area contributed by atoms with Crippen LogP contribution in [0.2, 0.25) is 0 Å². The maximum atomic E-state index is 13.0. The van der Waals surface area contributed by atoms with Crippen molar-refractivity contribution in [3.05, 3.63) is 47.7 Å². The molecule has 1 N–H and O–H groups in total. The third-order valence-electron chi connectivity index (χ3n) is 2.49. The van der Waals surface area contributed by atoms with Crippen LogP contribution in [-0.2, 0) is 6.54 Å². The highest BCUT2D eigenvalue weighted by Crippen LogP contribution is 2.21. The van der Waals surface area contributed by atoms with E-state index < -0.39 is 11.6 Å². The quantitative estimate of drug-likeness (QED) is 0.826. The van der Waals surface area contributed by atoms with Gasteiger partial charge in [0.15, 0.2) is 0 Å². The van der Waals surface area contributed by atoms with Gasteiger partial charge in [0.2, 0.25) is 5.88 Å². The van der Waals surface area contributed by atoms with Gasteiger partial charge in [0.1, 0.15) is 17.4 Å². The number of nitrogens with one attached hydrogen (secondary N) is 1. The molecule has 0 aliphatic heterocycles. The van der Waals surface area contributed by atoms with Gasteiger partial charge in [-0.1, -0.05) is 6.92 Å². The molecule has 2 aromatic rings. The first-order valence-corrected chi connectivity index (χ1v) is 6.34. The normalized spacial score (nSPS) is 10.6. The van der Waals surface area contributed by atoms with Gasteiger partial charge in [-0.05, 0) is 19.0 Å². The predicted molar refractivity (Wildman–Crippen MR) is 70.5 cm³/mol. The Morgan fingerprint density at radius 3 is 2.45 bits per heavy atom. The number of nitrogens with zero attached hydrogens (tertiary/aromatic N) is 2. The fourth-order valence-corrected chi connectivity index (χ4v) is 1.60. The molecular formula is C14H15F2N3O. The summed E-state index contributed by atoms with van der Waals surface area (Å²) in [6, 6.07) is 6.31. The predicted octanol–water partition coefficient (Wildman–Crippen LogP) is 3.05. The van der Waals surface area contributed by atoms with Gasteiger partial charge in [0.25, 0.3) is 0 Å². The fraction of sp³-hybridized carbons (Fsp3) is 0.286. The molecule has 0 spiro atoms. The summed E-state index contributed by atoms with van der Waals surface area (Å²) in [6.07, 6.45) is 1.04. The number of hydrogen-bond donors (Lipinski definition) is 1. The lowest BCUT2D eigenvalue weighted by atomic mass is 10.3. The zero-order valence-electron chi connectivity index (χ0n) is 11.1. The lowest BCUT2D eigenvalue weighted by Crippen LogP contribution is -2.15. The highest BCUT2D eigenvalue weighted by atomic mass is 19.1. The molecule has 1 aromatic heterocycles. The van der Waals surface area contributed by atoms with Crippen molar-refractivity contribution in [2.24, 2.45) is 0 Å². The molecule has 106 valence electrons. The van der Waals surface area contributed by atoms with Crippen molar-refractivity contribution in [2.75, 3.05) is 6.54 Å². The molecule has 0 radical (unpaired) electrons. The van der Waals surface area contributed by atoms with Gasteiger partial charge in [-0.3, -0.25) is 0 Å². The first-order valence-electron chi connectivity index (χ1n) is 6.34. The highest BCUT2D eigenvalue weighted by Gasteiger charge is 2.04. The Bertz CT molecular complexity index is 541. The molecule has 2 rings (SSSR count). The zero-order valence-corrected chi connectivity index (χ0v) is 11.1. The molecule has 4 nitrogen and oxygen atoms in total. The molecule has 0 atom stereocenters. The second-order valence-corrected chi connectivity index (χ2v) is 4.25. The van der Waals surface area contributed by atoms with E-state index in [-0.39, 0.29) is 11.6 Å². The highest BCUT2D eigenvalue weighted by molar-refractivity contribution is 5.28. The minimum absolute atomic E-state index is 0.0497. The van der Waals surface area contributed by atoms with Crippen LogP contribution in [0.25, 0.3) is 0 Å². The Morgan fingerprint density at radius 1 is 1.10 bits per heavy atom. The van der Waals surface area contributed by atoms with E-state index in [1.165, 1.54) is 0 Å². The van der Waals surface area contributed by atoms with Crippen LogP contribution in [0.4, 0.5) is 8.78 Å². The van der Waals surface area contributed by atoms with Crippen molar-refractivity contribution < 1.29 is 13.5 Å². The summed E-state index contributed by atoms with van der Waals surface area (Å²) in [4.78, 5) is 0. The zero-order chi connectivity index (χ0) is 14.4. The van der Waals surface area contributed by atoms with Crippen molar-refractivity contribution in [3.63, 3.8) is 0 Å². The number of aromatic nitrogens is 2. The summed E-state index contributed by atoms with van der Waals surface area (Å²) in [5.74, 6) is -1.16. The van der Waals surface area contributed by atoms with E-state index in [1.807, 2.05) is 0 Å². The van der Waals surface area contributed by atoms with Crippen LogP contribution in [0.5, 0.6) is 11.6 Å². The molecule has 1 heterocycles. The van der Waals surface area contributed by atoms with Crippen LogP contribution < -0.4 is 10.1 Å². The fourth-order valence-electron chi connectivity index (χ4n) is 1.60. The van der Waals surface area contributed by atoms with Crippen LogP contribution in [0, 0.1) is 11.6 Å². The van der Waals surface area contributed by atoms with Crippen molar-refractivity contribution in [2.45, 2.75) is 19.9 Å². The molecule has 0 aliphatic carbocycles. The maximum absolute atomic E-state index is 13.0. The molecule has 0 aliphatic rings. The molecule has 0 fully saturated rings. The second kappa shape index (κ2) is 6.91. The smallest absolute Gasteiger partial charge is 0.238 e. The molecule has 1 aromatic carbocycles. The van der Waals surface area contributed by atoms with Gasteiger partial charge in [-0.2, -0.15) is 5.10 Å². The van der Waals surface area contributed by atoms with Crippen molar-refractivity contribution in [1.29, 1.82) is 0 Å². The minimum atomic E-state index is -0.701. The van der Waals surface area contributed by atoms with Crippen LogP contribution in [0.15, 0.2) is 30.3 Å². The van der Waals surface area contributed by atoms with Crippen LogP contribution in [0.3, 0.4) is 0 Å². The Labute approximate surface area is 115 Å². The molecule has 0 unspecified atom stereocenters. The summed E-state index contributed by atoms with van der Waals surface area (Å²) >= 11 is 0. The second-order valence-electron chi connectivity index (χ2n) is 4.25. The number of benzene rings is 1. The summed E-state index contributed by atoms with van der Waals surface area (Å²) < 4.78 is 31.3. The van der Waals surface area contributed by atoms with E-state index in [9.17, 15) is 8.78 Å². The average molecular weight is 279 g/mol. The molecule has 0 amide bonds. The Morgan fingerprint density at radius 2 is 1.85 bits per heavy atom. The standard InChI is InChI=1S/C14H15F2N3O/c1-2-5-17-9-12-3-4-14(19-18-12)20-13-7-10(15)6-11(16)8-13/h3-4,6-8,17H,2,5,9H2,1H3. The van der Waals surface area contributed by atoms with Crippen LogP contribution in [-0.4, -0.2) is 16.7 Å². The monoisotopic (exact) mass is 279 g/mol. The van der Waals surface area contributed by atoms with E-state index in [4.69, 9.17) is 4.74 Å². The first-order chi connectivity index (χ1) is 9.67. The van der Waals surface area contributed by atoms with Gasteiger partial charge in [-0.25, -0.2) is 8.78 Å². The summed E-state index contributed by atoms with van der Waals surface area (Å²) in [5, 5.41) is 11.0. The molecule has 0 saturated carbocycles. The van der Waals surface area contributed by atoms with E-state index in [0.29, 0.717) is 6.54 Å². The minimum Gasteiger partial charge on any atom is -0.437 e. The number of ether oxygens (including phenoxy) is 1. The first kappa shape index (κ1) is 14.3. The topological polar surface area (TPSA) is 47.0 Å². The average Bonchev–Trinajstić information content (AvgIpc) is 2.40. The summed E-state index contributed by atoms with van der Waals surface area (Å²) in [5.41, 5.74) is 0.774. The van der Waals surface area contributed by atoms with E-state index in [0.717, 1.165) is 36.9 Å². The molecule has 20 heavy (non-hydrogen) atoms. The van der Waals surface area contributed by atoms with Gasteiger partial charge in [0.05, 0.1) is 5.69 Å². The van der Waals surface area contributed by atoms with Crippen molar-refractivity contribution >= 4 is 0 Å². The third kappa shape index (κ3) is 4.24. The largest absolute Gasteiger partial charge is 0.437 e. The van der Waals surface area contributed by atoms with Gasteiger partial charge in [0, 0.05) is 30.8 Å². The Balaban J connectivity index is 1.99. The number of rotatable bonds is 6. The van der Waals surface area contributed by atoms with E-state index in [2.05, 4.69) is 22.4 Å². The number of hydrogen-bond acceptors (Lipinski definition) is 4. The van der Waals surface area contributed by atoms with Gasteiger partial charge < -0.3 is 10.1 Å². The van der Waals surface area contributed by atoms with Gasteiger partial charge in [-0.15, -0.1) is 5.10 Å². The lowest BCUT2D eigenvalue weighted by molar-refractivity contribution is 0.443. The SMILES string of the molecule is CCCNCc1ccc(Oc2cc(F)cc(F)c2)nn1. The Hall–Kier alpha value is -2.08. The molecular weight excluding hydrogens is 264 g/mol. The molecule has 0 bridgehead atoms. The number of halogens is 2. The van der Waals surface area contributed by atoms with Gasteiger partial charge >= 0.3 is 0 Å². The van der Waals surface area contributed by atoms with E-state index >= 15 is 0 Å². The van der Waals surface area contributed by atoms with E-state index in [1.54, 1.807) is 12.1 Å². The third-order valence-corrected chi connectivity index (χ3v) is 2.49. The summed E-state index contributed by atoms with van der Waals surface area (Å²) in [6.45, 7) is 3.60. The van der Waals surface area contributed by atoms with Crippen molar-refractivity contribution in [3.8, 4) is 11.6 Å². The molecule has 6 heteroatoms. The van der Waals surface area contributed by atoms with Crippen molar-refractivity contribution in [1.82, 2.24) is 15.5 Å². The van der Waals surface area contributed by atoms with Crippen LogP contribution in [0.1, 0.15) is 19.0 Å². The lowest BCUT2D eigenvalue weighted by Gasteiger charge is -2.06. The Kier molecular flexibility index (Phi) is 4.95. The molecule has 0 saturated heterocycles. The summed E-state index contributed by atoms with van der Waals surface area (Å²) in [7, 11) is 0. The van der Waals surface area contributed by atoms with Crippen LogP contribution >= 0.6 is 0 Å².